The number of carbonyl (C=O) groups excluding carboxylic acids is 1. The number of aliphatic hydroxyl groups excluding tert-OH is 1. The molecule has 0 spiro atoms. The van der Waals surface area contributed by atoms with Gasteiger partial charge in [0.15, 0.2) is 5.69 Å². The highest BCUT2D eigenvalue weighted by Crippen LogP contribution is 2.57. The lowest BCUT2D eigenvalue weighted by molar-refractivity contribution is 0.0651. The predicted molar refractivity (Wildman–Crippen MR) is 93.7 cm³/mol. The molecule has 3 aliphatic rings. The van der Waals surface area contributed by atoms with Gasteiger partial charge in [-0.3, -0.25) is 9.48 Å². The molecule has 2 heterocycles. The van der Waals surface area contributed by atoms with Gasteiger partial charge in [-0.2, -0.15) is 5.10 Å². The zero-order valence-electron chi connectivity index (χ0n) is 15.4. The Hall–Kier alpha value is -1.40. The lowest BCUT2D eigenvalue weighted by atomic mass is 9.87. The first-order valence-corrected chi connectivity index (χ1v) is 9.51. The van der Waals surface area contributed by atoms with Gasteiger partial charge >= 0.3 is 0 Å². The summed E-state index contributed by atoms with van der Waals surface area (Å²) in [5, 5.41) is 17.4. The first-order chi connectivity index (χ1) is 11.9. The molecule has 6 nitrogen and oxygen atoms in total. The smallest absolute Gasteiger partial charge is 0.272 e. The van der Waals surface area contributed by atoms with Crippen molar-refractivity contribution < 1.29 is 14.6 Å². The highest BCUT2D eigenvalue weighted by molar-refractivity contribution is 5.94. The number of hydrogen-bond donors (Lipinski definition) is 2. The van der Waals surface area contributed by atoms with Gasteiger partial charge in [-0.25, -0.2) is 0 Å². The molecule has 6 heteroatoms. The molecular weight excluding hydrogens is 318 g/mol. The Labute approximate surface area is 148 Å². The van der Waals surface area contributed by atoms with Crippen LogP contribution in [-0.4, -0.2) is 46.7 Å². The molecule has 2 aliphatic carbocycles. The molecule has 0 aromatic carbocycles. The van der Waals surface area contributed by atoms with Crippen molar-refractivity contribution in [3.05, 3.63) is 17.0 Å². The molecule has 1 amide bonds. The van der Waals surface area contributed by atoms with E-state index in [0.717, 1.165) is 38.0 Å². The molecule has 1 aromatic heterocycles. The summed E-state index contributed by atoms with van der Waals surface area (Å²) < 4.78 is 7.64. The number of aliphatic hydroxyl groups is 1. The third kappa shape index (κ3) is 2.99. The summed E-state index contributed by atoms with van der Waals surface area (Å²) >= 11 is 0. The fourth-order valence-corrected chi connectivity index (χ4v) is 4.30. The van der Waals surface area contributed by atoms with Gasteiger partial charge in [-0.05, 0) is 37.0 Å². The van der Waals surface area contributed by atoms with Crippen LogP contribution >= 0.6 is 0 Å². The van der Waals surface area contributed by atoms with Gasteiger partial charge in [0, 0.05) is 30.4 Å². The van der Waals surface area contributed by atoms with Crippen LogP contribution in [0.3, 0.4) is 0 Å². The minimum Gasteiger partial charge on any atom is -0.394 e. The number of rotatable bonds is 4. The van der Waals surface area contributed by atoms with E-state index in [2.05, 4.69) is 10.00 Å². The normalized spacial score (nSPS) is 26.9. The number of ether oxygens (including phenoxy) is 1. The summed E-state index contributed by atoms with van der Waals surface area (Å²) in [4.78, 5) is 12.9. The summed E-state index contributed by atoms with van der Waals surface area (Å²) in [6.45, 7) is 7.54. The Morgan fingerprint density at radius 3 is 2.76 bits per heavy atom. The minimum absolute atomic E-state index is 0.0661. The van der Waals surface area contributed by atoms with Gasteiger partial charge in [-0.15, -0.1) is 0 Å². The van der Waals surface area contributed by atoms with Crippen molar-refractivity contribution in [2.45, 2.75) is 64.5 Å². The molecule has 1 aliphatic heterocycles. The molecule has 2 N–H and O–H groups in total. The molecule has 3 atom stereocenters. The van der Waals surface area contributed by atoms with Crippen LogP contribution in [0.4, 0.5) is 0 Å². The number of fused-ring (bicyclic) bond motifs is 3. The Morgan fingerprint density at radius 2 is 2.12 bits per heavy atom. The van der Waals surface area contributed by atoms with E-state index in [4.69, 9.17) is 9.84 Å². The SMILES string of the molecule is CC(C)(C)[C@@H](CO)NC(=O)c1nn(C2CCOCC2)c2c1C[C@H]1C[C@@H]21. The van der Waals surface area contributed by atoms with Crippen LogP contribution < -0.4 is 5.32 Å². The molecule has 1 saturated heterocycles. The Bertz CT molecular complexity index is 670. The maximum absolute atomic E-state index is 12.9. The Balaban J connectivity index is 1.62. The molecule has 2 fully saturated rings. The maximum Gasteiger partial charge on any atom is 0.272 e. The van der Waals surface area contributed by atoms with Gasteiger partial charge in [0.05, 0.1) is 18.7 Å². The lowest BCUT2D eigenvalue weighted by Crippen LogP contribution is -2.46. The number of hydrogen-bond acceptors (Lipinski definition) is 4. The second-order valence-electron chi connectivity index (χ2n) is 8.88. The summed E-state index contributed by atoms with van der Waals surface area (Å²) in [5.74, 6) is 1.17. The van der Waals surface area contributed by atoms with Gasteiger partial charge in [0.2, 0.25) is 0 Å². The number of aromatic nitrogens is 2. The molecule has 25 heavy (non-hydrogen) atoms. The molecule has 1 saturated carbocycles. The quantitative estimate of drug-likeness (QED) is 0.874. The standard InChI is InChI=1S/C19H29N3O3/c1-19(2,3)15(10-23)20-18(24)16-14-9-11-8-13(11)17(14)22(21-16)12-4-6-25-7-5-12/h11-13,15,23H,4-10H2,1-3H3,(H,20,24)/t11-,13-,15-/m1/s1. The highest BCUT2D eigenvalue weighted by Gasteiger charge is 2.50. The third-order valence-electron chi connectivity index (χ3n) is 6.07. The van der Waals surface area contributed by atoms with Crippen LogP contribution in [0.25, 0.3) is 0 Å². The number of nitrogens with one attached hydrogen (secondary N) is 1. The average Bonchev–Trinajstić information content (AvgIpc) is 3.08. The van der Waals surface area contributed by atoms with E-state index >= 15 is 0 Å². The number of nitrogens with zero attached hydrogens (tertiary/aromatic N) is 2. The van der Waals surface area contributed by atoms with Crippen LogP contribution in [0.15, 0.2) is 0 Å². The summed E-state index contributed by atoms with van der Waals surface area (Å²) in [7, 11) is 0. The second-order valence-corrected chi connectivity index (χ2v) is 8.88. The molecular formula is C19H29N3O3. The predicted octanol–water partition coefficient (Wildman–Crippen LogP) is 2.03. The van der Waals surface area contributed by atoms with E-state index in [0.29, 0.717) is 23.6 Å². The molecule has 138 valence electrons. The summed E-state index contributed by atoms with van der Waals surface area (Å²) in [6.07, 6.45) is 4.15. The third-order valence-corrected chi connectivity index (χ3v) is 6.07. The van der Waals surface area contributed by atoms with Crippen LogP contribution in [0.1, 0.15) is 73.7 Å². The van der Waals surface area contributed by atoms with Crippen molar-refractivity contribution in [3.8, 4) is 0 Å². The molecule has 1 aromatic rings. The van der Waals surface area contributed by atoms with Crippen molar-refractivity contribution in [2.75, 3.05) is 19.8 Å². The van der Waals surface area contributed by atoms with Crippen molar-refractivity contribution >= 4 is 5.91 Å². The largest absolute Gasteiger partial charge is 0.394 e. The molecule has 0 bridgehead atoms. The summed E-state index contributed by atoms with van der Waals surface area (Å²) in [6, 6.07) is 0.0690. The minimum atomic E-state index is -0.278. The first kappa shape index (κ1) is 17.0. The molecule has 4 rings (SSSR count). The zero-order valence-corrected chi connectivity index (χ0v) is 15.4. The van der Waals surface area contributed by atoms with Gasteiger partial charge in [-0.1, -0.05) is 20.8 Å². The van der Waals surface area contributed by atoms with E-state index in [1.807, 2.05) is 20.8 Å². The van der Waals surface area contributed by atoms with Crippen LogP contribution in [0, 0.1) is 11.3 Å². The van der Waals surface area contributed by atoms with Gasteiger partial charge in [0.1, 0.15) is 0 Å². The Kier molecular flexibility index (Phi) is 4.15. The second kappa shape index (κ2) is 6.09. The maximum atomic E-state index is 12.9. The van der Waals surface area contributed by atoms with Gasteiger partial charge in [0.25, 0.3) is 5.91 Å². The van der Waals surface area contributed by atoms with Crippen molar-refractivity contribution in [2.24, 2.45) is 11.3 Å². The number of amides is 1. The fraction of sp³-hybridized carbons (Fsp3) is 0.789. The lowest BCUT2D eigenvalue weighted by Gasteiger charge is -2.29. The topological polar surface area (TPSA) is 76.4 Å². The highest BCUT2D eigenvalue weighted by atomic mass is 16.5. The van der Waals surface area contributed by atoms with E-state index < -0.39 is 0 Å². The van der Waals surface area contributed by atoms with Crippen LogP contribution in [-0.2, 0) is 11.2 Å². The average molecular weight is 347 g/mol. The monoisotopic (exact) mass is 347 g/mol. The van der Waals surface area contributed by atoms with E-state index in [-0.39, 0.29) is 24.0 Å². The first-order valence-electron chi connectivity index (χ1n) is 9.51. The molecule has 0 unspecified atom stereocenters. The summed E-state index contributed by atoms with van der Waals surface area (Å²) in [5.41, 5.74) is 2.84. The van der Waals surface area contributed by atoms with E-state index in [1.54, 1.807) is 0 Å². The van der Waals surface area contributed by atoms with E-state index in [9.17, 15) is 9.90 Å². The van der Waals surface area contributed by atoms with Crippen molar-refractivity contribution in [3.63, 3.8) is 0 Å². The fourth-order valence-electron chi connectivity index (χ4n) is 4.30. The van der Waals surface area contributed by atoms with Crippen LogP contribution in [0.2, 0.25) is 0 Å². The zero-order chi connectivity index (χ0) is 17.8. The van der Waals surface area contributed by atoms with E-state index in [1.165, 1.54) is 12.1 Å². The van der Waals surface area contributed by atoms with Crippen LogP contribution in [0.5, 0.6) is 0 Å². The number of carbonyl (C=O) groups is 1. The molecule has 0 radical (unpaired) electrons. The Morgan fingerprint density at radius 1 is 1.40 bits per heavy atom. The van der Waals surface area contributed by atoms with Gasteiger partial charge < -0.3 is 15.2 Å². The van der Waals surface area contributed by atoms with Crippen molar-refractivity contribution in [1.29, 1.82) is 0 Å². The van der Waals surface area contributed by atoms with Crippen molar-refractivity contribution in [1.82, 2.24) is 15.1 Å².